The van der Waals surface area contributed by atoms with Crippen LogP contribution in [0.4, 0.5) is 4.79 Å². The van der Waals surface area contributed by atoms with E-state index >= 15 is 0 Å². The van der Waals surface area contributed by atoms with Gasteiger partial charge in [-0.2, -0.15) is 0 Å². The van der Waals surface area contributed by atoms with Crippen LogP contribution in [0, 0.1) is 0 Å². The number of nitrogens with zero attached hydrogens (tertiary/aromatic N) is 1. The zero-order valence-electron chi connectivity index (χ0n) is 7.54. The molecule has 5 heteroatoms. The molecule has 0 aliphatic heterocycles. The Kier molecular flexibility index (Phi) is 4.42. The normalized spacial score (nSPS) is 9.21. The minimum atomic E-state index is -0.403. The molecule has 0 fully saturated rings. The highest BCUT2D eigenvalue weighted by atomic mass is 32.2. The fourth-order valence-corrected chi connectivity index (χ4v) is 1.43. The topological polar surface area (TPSA) is 29.5 Å². The molecule has 0 amide bonds. The van der Waals surface area contributed by atoms with Crippen LogP contribution in [0.15, 0.2) is 35.2 Å². The van der Waals surface area contributed by atoms with E-state index in [0.717, 1.165) is 16.7 Å². The molecule has 74 valence electrons. The average molecular weight is 227 g/mol. The molecule has 0 spiro atoms. The first-order valence-electron chi connectivity index (χ1n) is 3.85. The van der Waals surface area contributed by atoms with E-state index in [1.165, 1.54) is 10.6 Å². The lowest BCUT2D eigenvalue weighted by molar-refractivity contribution is 0.0108. The summed E-state index contributed by atoms with van der Waals surface area (Å²) < 4.78 is 0. The zero-order valence-corrected chi connectivity index (χ0v) is 9.18. The maximum absolute atomic E-state index is 11.2. The van der Waals surface area contributed by atoms with Gasteiger partial charge < -0.3 is 4.84 Å². The number of rotatable bonds is 3. The number of benzene rings is 1. The minimum absolute atomic E-state index is 0.403. The molecular formula is C9H9NO2S2. The number of carbonyl (C=O) groups is 1. The van der Waals surface area contributed by atoms with Gasteiger partial charge in [0.25, 0.3) is 0 Å². The number of carbonyl (C=O) groups excluding carboxylic acids is 1. The molecule has 1 aromatic carbocycles. The monoisotopic (exact) mass is 227 g/mol. The summed E-state index contributed by atoms with van der Waals surface area (Å²) in [5.41, 5.74) is 1.25. The van der Waals surface area contributed by atoms with Gasteiger partial charge in [0.05, 0.1) is 0 Å². The highest BCUT2D eigenvalue weighted by Gasteiger charge is 2.07. The summed E-state index contributed by atoms with van der Waals surface area (Å²) in [6.45, 7) is 0. The van der Waals surface area contributed by atoms with Crippen molar-refractivity contribution in [3.63, 3.8) is 0 Å². The Morgan fingerprint density at radius 1 is 1.50 bits per heavy atom. The van der Waals surface area contributed by atoms with E-state index in [2.05, 4.69) is 12.2 Å². The minimum Gasteiger partial charge on any atom is -0.330 e. The van der Waals surface area contributed by atoms with Gasteiger partial charge in [-0.1, -0.05) is 30.4 Å². The lowest BCUT2D eigenvalue weighted by atomic mass is 10.4. The van der Waals surface area contributed by atoms with E-state index in [1.54, 1.807) is 7.05 Å². The third kappa shape index (κ3) is 3.76. The molecule has 3 nitrogen and oxygen atoms in total. The predicted molar refractivity (Wildman–Crippen MR) is 60.2 cm³/mol. The summed E-state index contributed by atoms with van der Waals surface area (Å²) in [5, 5.41) is 0.785. The molecule has 0 aliphatic carbocycles. The van der Waals surface area contributed by atoms with Crippen molar-refractivity contribution in [1.29, 1.82) is 0 Å². The highest BCUT2D eigenvalue weighted by molar-refractivity contribution is 8.13. The molecule has 1 rings (SSSR count). The van der Waals surface area contributed by atoms with Crippen LogP contribution < -0.4 is 0 Å². The van der Waals surface area contributed by atoms with E-state index < -0.39 is 5.30 Å². The quantitative estimate of drug-likeness (QED) is 0.450. The van der Waals surface area contributed by atoms with Crippen LogP contribution in [0.3, 0.4) is 0 Å². The zero-order chi connectivity index (χ0) is 10.4. The first kappa shape index (κ1) is 11.0. The number of hydroxylamine groups is 2. The van der Waals surface area contributed by atoms with E-state index in [1.807, 2.05) is 30.3 Å². The van der Waals surface area contributed by atoms with Gasteiger partial charge in [0.1, 0.15) is 5.49 Å². The number of hydrogen-bond acceptors (Lipinski definition) is 4. The van der Waals surface area contributed by atoms with E-state index in [9.17, 15) is 4.79 Å². The lowest BCUT2D eigenvalue weighted by Gasteiger charge is -2.10. The van der Waals surface area contributed by atoms with E-state index in [4.69, 9.17) is 4.84 Å². The third-order valence-electron chi connectivity index (χ3n) is 1.31. The van der Waals surface area contributed by atoms with Gasteiger partial charge in [-0.15, -0.1) is 0 Å². The van der Waals surface area contributed by atoms with Crippen molar-refractivity contribution in [2.24, 2.45) is 0 Å². The fraction of sp³-hybridized carbons (Fsp3) is 0.111. The Labute approximate surface area is 92.0 Å². The maximum atomic E-state index is 11.2. The first-order chi connectivity index (χ1) is 6.72. The summed E-state index contributed by atoms with van der Waals surface area (Å²) >= 11 is 5.59. The van der Waals surface area contributed by atoms with Crippen LogP contribution >= 0.6 is 24.0 Å². The molecule has 0 N–H and O–H groups in total. The molecule has 0 bridgehead atoms. The molecule has 0 saturated heterocycles. The molecule has 0 atom stereocenters. The van der Waals surface area contributed by atoms with Gasteiger partial charge in [-0.25, -0.2) is 9.86 Å². The van der Waals surface area contributed by atoms with Crippen LogP contribution in [-0.4, -0.2) is 22.9 Å². The molecule has 0 unspecified atom stereocenters. The second kappa shape index (κ2) is 5.62. The van der Waals surface area contributed by atoms with Crippen LogP contribution in [0.2, 0.25) is 0 Å². The molecule has 0 saturated carbocycles. The molecule has 0 aromatic heterocycles. The van der Waals surface area contributed by atoms with Crippen LogP contribution in [0.25, 0.3) is 0 Å². The number of thioether (sulfide) groups is 1. The Morgan fingerprint density at radius 2 is 2.14 bits per heavy atom. The largest absolute Gasteiger partial charge is 0.396 e. The molecule has 14 heavy (non-hydrogen) atoms. The highest BCUT2D eigenvalue weighted by Crippen LogP contribution is 2.19. The van der Waals surface area contributed by atoms with Crippen molar-refractivity contribution >= 4 is 34.8 Å². The van der Waals surface area contributed by atoms with Crippen LogP contribution in [0.1, 0.15) is 0 Å². The first-order valence-corrected chi connectivity index (χ1v) is 5.14. The molecular weight excluding hydrogens is 218 g/mol. The van der Waals surface area contributed by atoms with Crippen molar-refractivity contribution in [2.75, 3.05) is 7.05 Å². The van der Waals surface area contributed by atoms with Crippen molar-refractivity contribution < 1.29 is 9.63 Å². The van der Waals surface area contributed by atoms with Crippen molar-refractivity contribution in [2.45, 2.75) is 4.90 Å². The molecule has 0 heterocycles. The summed E-state index contributed by atoms with van der Waals surface area (Å²) in [6.07, 6.45) is 0. The SMILES string of the molecule is CN(C=S)OC(=O)Sc1ccccc1. The number of hydrogen-bond donors (Lipinski definition) is 0. The lowest BCUT2D eigenvalue weighted by Crippen LogP contribution is -2.17. The predicted octanol–water partition coefficient (Wildman–Crippen LogP) is 2.72. The summed E-state index contributed by atoms with van der Waals surface area (Å²) in [6, 6.07) is 9.28. The van der Waals surface area contributed by atoms with Crippen LogP contribution in [-0.2, 0) is 4.84 Å². The van der Waals surface area contributed by atoms with E-state index in [0.29, 0.717) is 0 Å². The van der Waals surface area contributed by atoms with Gasteiger partial charge in [-0.3, -0.25) is 0 Å². The van der Waals surface area contributed by atoms with Gasteiger partial charge in [0.15, 0.2) is 0 Å². The number of thiocarbonyl (C=S) groups is 1. The second-order valence-corrected chi connectivity index (χ2v) is 3.63. The Balaban J connectivity index is 2.46. The maximum Gasteiger partial charge on any atom is 0.396 e. The summed E-state index contributed by atoms with van der Waals surface area (Å²) in [5.74, 6) is 0. The van der Waals surface area contributed by atoms with Gasteiger partial charge in [-0.05, 0) is 23.9 Å². The Bertz CT molecular complexity index is 316. The standard InChI is InChI=1S/C9H9NO2S2/c1-10(7-13)12-9(11)14-8-5-3-2-4-6-8/h2-7H,1H3. The molecule has 0 radical (unpaired) electrons. The van der Waals surface area contributed by atoms with Crippen LogP contribution in [0.5, 0.6) is 0 Å². The van der Waals surface area contributed by atoms with Crippen molar-refractivity contribution in [3.05, 3.63) is 30.3 Å². The van der Waals surface area contributed by atoms with Crippen molar-refractivity contribution in [1.82, 2.24) is 5.06 Å². The Morgan fingerprint density at radius 3 is 2.71 bits per heavy atom. The molecule has 0 aliphatic rings. The fourth-order valence-electron chi connectivity index (χ4n) is 0.742. The van der Waals surface area contributed by atoms with E-state index in [-0.39, 0.29) is 0 Å². The summed E-state index contributed by atoms with van der Waals surface area (Å²) in [7, 11) is 1.57. The van der Waals surface area contributed by atoms with Gasteiger partial charge in [0, 0.05) is 11.9 Å². The van der Waals surface area contributed by atoms with Gasteiger partial charge >= 0.3 is 5.30 Å². The smallest absolute Gasteiger partial charge is 0.330 e. The molecule has 1 aromatic rings. The van der Waals surface area contributed by atoms with Gasteiger partial charge in [0.2, 0.25) is 0 Å². The Hall–Kier alpha value is -1.07. The second-order valence-electron chi connectivity index (χ2n) is 2.41. The summed E-state index contributed by atoms with van der Waals surface area (Å²) in [4.78, 5) is 16.9. The van der Waals surface area contributed by atoms with Crippen molar-refractivity contribution in [3.8, 4) is 0 Å². The third-order valence-corrected chi connectivity index (χ3v) is 2.36. The average Bonchev–Trinajstić information content (AvgIpc) is 2.19.